The fourth-order valence-corrected chi connectivity index (χ4v) is 4.89. The van der Waals surface area contributed by atoms with Gasteiger partial charge in [0, 0.05) is 43.7 Å². The zero-order valence-corrected chi connectivity index (χ0v) is 23.2. The molecule has 3 N–H and O–H groups in total. The van der Waals surface area contributed by atoms with Crippen LogP contribution in [0.2, 0.25) is 5.02 Å². The van der Waals surface area contributed by atoms with Gasteiger partial charge in [0.15, 0.2) is 0 Å². The van der Waals surface area contributed by atoms with Gasteiger partial charge in [-0.3, -0.25) is 4.79 Å². The number of halogens is 1. The molecule has 3 aromatic carbocycles. The number of nitrogens with zero attached hydrogens (tertiary/aromatic N) is 5. The number of nitrogen functional groups attached to an aromatic ring is 1. The number of nitrogens with one attached hydrogen (secondary N) is 1. The summed E-state index contributed by atoms with van der Waals surface area (Å²) in [5, 5.41) is 13.7. The molecule has 0 unspecified atom stereocenters. The highest BCUT2D eigenvalue weighted by molar-refractivity contribution is 6.32. The van der Waals surface area contributed by atoms with E-state index >= 15 is 0 Å². The minimum Gasteiger partial charge on any atom is -0.456 e. The first-order chi connectivity index (χ1) is 19.3. The predicted molar refractivity (Wildman–Crippen MR) is 157 cm³/mol. The third-order valence-electron chi connectivity index (χ3n) is 6.99. The van der Waals surface area contributed by atoms with Gasteiger partial charge in [-0.1, -0.05) is 29.8 Å². The number of amides is 1. The van der Waals surface area contributed by atoms with Crippen molar-refractivity contribution in [1.29, 1.82) is 5.26 Å². The van der Waals surface area contributed by atoms with Crippen LogP contribution in [0.3, 0.4) is 0 Å². The van der Waals surface area contributed by atoms with Gasteiger partial charge in [-0.2, -0.15) is 10.2 Å². The lowest BCUT2D eigenvalue weighted by Gasteiger charge is -2.33. The Balaban J connectivity index is 1.24. The molecule has 0 radical (unpaired) electrons. The third-order valence-corrected chi connectivity index (χ3v) is 7.48. The molecule has 10 heteroatoms. The van der Waals surface area contributed by atoms with Gasteiger partial charge in [-0.05, 0) is 67.9 Å². The van der Waals surface area contributed by atoms with Crippen LogP contribution >= 0.6 is 11.6 Å². The molecule has 0 aliphatic carbocycles. The van der Waals surface area contributed by atoms with Crippen LogP contribution in [-0.4, -0.2) is 60.5 Å². The fourth-order valence-electron chi connectivity index (χ4n) is 4.70. The van der Waals surface area contributed by atoms with E-state index in [1.165, 1.54) is 0 Å². The Kier molecular flexibility index (Phi) is 8.01. The van der Waals surface area contributed by atoms with Crippen LogP contribution in [0.4, 0.5) is 11.8 Å². The van der Waals surface area contributed by atoms with E-state index < -0.39 is 0 Å². The van der Waals surface area contributed by atoms with Gasteiger partial charge in [0.1, 0.15) is 28.9 Å². The molecule has 4 aromatic rings. The van der Waals surface area contributed by atoms with Crippen molar-refractivity contribution in [3.8, 4) is 17.6 Å². The van der Waals surface area contributed by atoms with E-state index in [0.717, 1.165) is 48.5 Å². The fraction of sp³-hybridized carbons (Fsp3) is 0.267. The van der Waals surface area contributed by atoms with Crippen molar-refractivity contribution < 1.29 is 9.53 Å². The van der Waals surface area contributed by atoms with Crippen LogP contribution < -0.4 is 20.7 Å². The molecule has 2 heterocycles. The highest BCUT2D eigenvalue weighted by Crippen LogP contribution is 2.32. The number of fused-ring (bicyclic) bond motifs is 1. The normalized spacial score (nSPS) is 13.7. The van der Waals surface area contributed by atoms with Crippen molar-refractivity contribution in [1.82, 2.24) is 20.2 Å². The number of nitriles is 1. The van der Waals surface area contributed by atoms with E-state index in [1.807, 2.05) is 43.3 Å². The number of hydrogen-bond acceptors (Lipinski definition) is 8. The first-order valence-corrected chi connectivity index (χ1v) is 13.4. The van der Waals surface area contributed by atoms with Crippen molar-refractivity contribution in [3.63, 3.8) is 0 Å². The lowest BCUT2D eigenvalue weighted by Crippen LogP contribution is -2.45. The molecule has 0 atom stereocenters. The Morgan fingerprint density at radius 3 is 2.70 bits per heavy atom. The minimum absolute atomic E-state index is 0.191. The summed E-state index contributed by atoms with van der Waals surface area (Å²) in [6.07, 6.45) is 0.596. The number of hydrogen-bond donors (Lipinski definition) is 2. The molecule has 0 spiro atoms. The number of piperazine rings is 1. The molecule has 5 rings (SSSR count). The summed E-state index contributed by atoms with van der Waals surface area (Å²) < 4.78 is 5.96. The summed E-state index contributed by atoms with van der Waals surface area (Å²) in [5.41, 5.74) is 9.27. The standard InChI is InChI=1S/C30H30ClN7O2/c1-19-6-9-26(24(18-32)27(19)31)40-22-5-3-4-20(16-22)10-11-34-29(39)21-7-8-23-25(17-21)35-30(33)36-28(23)38-14-12-37(2)13-15-38/h3-9,16-17H,10-15H2,1-2H3,(H,34,39)(H2,33,35,36). The Labute approximate surface area is 238 Å². The summed E-state index contributed by atoms with van der Waals surface area (Å²) in [6, 6.07) is 18.7. The maximum Gasteiger partial charge on any atom is 0.251 e. The summed E-state index contributed by atoms with van der Waals surface area (Å²) >= 11 is 6.27. The Bertz CT molecular complexity index is 1610. The SMILES string of the molecule is Cc1ccc(Oc2cccc(CCNC(=O)c3ccc4c(N5CCN(C)CC5)nc(N)nc4c3)c2)c(C#N)c1Cl. The van der Waals surface area contributed by atoms with E-state index in [1.54, 1.807) is 18.2 Å². The molecule has 1 fully saturated rings. The van der Waals surface area contributed by atoms with Crippen LogP contribution in [-0.2, 0) is 6.42 Å². The molecule has 9 nitrogen and oxygen atoms in total. The number of ether oxygens (including phenoxy) is 1. The average molecular weight is 556 g/mol. The number of carbonyl (C=O) groups excluding carboxylic acids is 1. The van der Waals surface area contributed by atoms with E-state index in [9.17, 15) is 10.1 Å². The van der Waals surface area contributed by atoms with Gasteiger partial charge in [0.2, 0.25) is 5.95 Å². The highest BCUT2D eigenvalue weighted by Gasteiger charge is 2.19. The molecule has 1 aliphatic heterocycles. The lowest BCUT2D eigenvalue weighted by molar-refractivity contribution is 0.0954. The largest absolute Gasteiger partial charge is 0.456 e. The molecule has 1 aliphatic rings. The average Bonchev–Trinajstić information content (AvgIpc) is 2.95. The molecular formula is C30H30ClN7O2. The van der Waals surface area contributed by atoms with Crippen molar-refractivity contribution >= 4 is 40.2 Å². The maximum absolute atomic E-state index is 13.0. The van der Waals surface area contributed by atoms with Crippen LogP contribution in [0.1, 0.15) is 27.0 Å². The number of aryl methyl sites for hydroxylation is 1. The summed E-state index contributed by atoms with van der Waals surface area (Å²) in [4.78, 5) is 26.3. The van der Waals surface area contributed by atoms with E-state index in [2.05, 4.69) is 38.2 Å². The number of anilines is 2. The zero-order chi connectivity index (χ0) is 28.2. The second-order valence-corrected chi connectivity index (χ2v) is 10.2. The Hall–Kier alpha value is -4.39. The van der Waals surface area contributed by atoms with E-state index in [0.29, 0.717) is 46.1 Å². The number of nitrogens with two attached hydrogens (primary N) is 1. The summed E-state index contributed by atoms with van der Waals surface area (Å²) in [5.74, 6) is 1.79. The van der Waals surface area contributed by atoms with Gasteiger partial charge in [0.25, 0.3) is 5.91 Å². The highest BCUT2D eigenvalue weighted by atomic mass is 35.5. The maximum atomic E-state index is 13.0. The first kappa shape index (κ1) is 27.2. The number of benzene rings is 3. The smallest absolute Gasteiger partial charge is 0.251 e. The summed E-state index contributed by atoms with van der Waals surface area (Å²) in [7, 11) is 2.10. The van der Waals surface area contributed by atoms with Gasteiger partial charge >= 0.3 is 0 Å². The van der Waals surface area contributed by atoms with Crippen LogP contribution in [0, 0.1) is 18.3 Å². The van der Waals surface area contributed by atoms with Gasteiger partial charge in [-0.25, -0.2) is 4.98 Å². The van der Waals surface area contributed by atoms with Gasteiger partial charge < -0.3 is 25.6 Å². The zero-order valence-electron chi connectivity index (χ0n) is 22.4. The minimum atomic E-state index is -0.194. The van der Waals surface area contributed by atoms with Crippen LogP contribution in [0.25, 0.3) is 10.9 Å². The number of rotatable bonds is 7. The monoisotopic (exact) mass is 555 g/mol. The summed E-state index contributed by atoms with van der Waals surface area (Å²) in [6.45, 7) is 5.88. The van der Waals surface area contributed by atoms with Gasteiger partial charge in [-0.15, -0.1) is 0 Å². The second-order valence-electron chi connectivity index (χ2n) is 9.86. The number of carbonyl (C=O) groups is 1. The molecule has 0 saturated carbocycles. The van der Waals surface area contributed by atoms with E-state index in [4.69, 9.17) is 22.1 Å². The quantitative estimate of drug-likeness (QED) is 0.340. The predicted octanol–water partition coefficient (Wildman–Crippen LogP) is 4.56. The number of aromatic nitrogens is 2. The lowest BCUT2D eigenvalue weighted by atomic mass is 10.1. The van der Waals surface area contributed by atoms with Crippen molar-refractivity contribution in [3.05, 3.63) is 81.9 Å². The second kappa shape index (κ2) is 11.8. The molecule has 0 bridgehead atoms. The van der Waals surface area contributed by atoms with Crippen LogP contribution in [0.15, 0.2) is 54.6 Å². The number of likely N-dealkylation sites (N-methyl/N-ethyl adjacent to an activating group) is 1. The molecular weight excluding hydrogens is 526 g/mol. The molecule has 1 aromatic heterocycles. The third kappa shape index (κ3) is 5.93. The first-order valence-electron chi connectivity index (χ1n) is 13.1. The topological polar surface area (TPSA) is 120 Å². The van der Waals surface area contributed by atoms with Crippen LogP contribution in [0.5, 0.6) is 11.5 Å². The molecule has 1 amide bonds. The molecule has 1 saturated heterocycles. The van der Waals surface area contributed by atoms with Crippen molar-refractivity contribution in [2.75, 3.05) is 50.4 Å². The Morgan fingerprint density at radius 2 is 1.93 bits per heavy atom. The Morgan fingerprint density at radius 1 is 1.12 bits per heavy atom. The molecule has 204 valence electrons. The van der Waals surface area contributed by atoms with Gasteiger partial charge in [0.05, 0.1) is 10.5 Å². The van der Waals surface area contributed by atoms with E-state index in [-0.39, 0.29) is 11.9 Å². The van der Waals surface area contributed by atoms with Crippen molar-refractivity contribution in [2.24, 2.45) is 0 Å². The van der Waals surface area contributed by atoms with Crippen molar-refractivity contribution in [2.45, 2.75) is 13.3 Å². The molecule has 40 heavy (non-hydrogen) atoms.